The number of halogens is 1. The number of hydrogen-bond acceptors (Lipinski definition) is 6. The Morgan fingerprint density at radius 3 is 2.57 bits per heavy atom. The van der Waals surface area contributed by atoms with Crippen molar-refractivity contribution in [2.24, 2.45) is 0 Å². The Morgan fingerprint density at radius 1 is 1.17 bits per heavy atom. The van der Waals surface area contributed by atoms with Crippen molar-refractivity contribution in [3.8, 4) is 11.3 Å². The number of aryl methyl sites for hydroxylation is 1. The summed E-state index contributed by atoms with van der Waals surface area (Å²) in [6.07, 6.45) is 1.63. The molecule has 4 rings (SSSR count). The Hall–Kier alpha value is -2.94. The number of amides is 1. The zero-order valence-electron chi connectivity index (χ0n) is 15.5. The topological polar surface area (TPSA) is 76.6 Å². The van der Waals surface area contributed by atoms with Crippen LogP contribution in [0.2, 0.25) is 5.02 Å². The maximum Gasteiger partial charge on any atom is 0.270 e. The summed E-state index contributed by atoms with van der Waals surface area (Å²) in [6, 6.07) is 14.9. The lowest BCUT2D eigenvalue weighted by molar-refractivity contribution is -0.384. The number of thioether (sulfide) groups is 1. The Bertz CT molecular complexity index is 1220. The van der Waals surface area contributed by atoms with Gasteiger partial charge < -0.3 is 4.42 Å². The molecule has 2 aromatic carbocycles. The molecule has 0 aliphatic carbocycles. The summed E-state index contributed by atoms with van der Waals surface area (Å²) in [4.78, 5) is 24.9. The number of rotatable bonds is 4. The Morgan fingerprint density at radius 2 is 1.90 bits per heavy atom. The van der Waals surface area contributed by atoms with Crippen LogP contribution in [-0.4, -0.2) is 15.2 Å². The van der Waals surface area contributed by atoms with Crippen molar-refractivity contribution in [1.29, 1.82) is 0 Å². The van der Waals surface area contributed by atoms with Crippen LogP contribution in [0, 0.1) is 17.0 Å². The molecule has 2 heterocycles. The molecule has 1 amide bonds. The van der Waals surface area contributed by atoms with Crippen molar-refractivity contribution < 1.29 is 14.1 Å². The smallest absolute Gasteiger partial charge is 0.270 e. The number of furan rings is 1. The molecule has 1 aliphatic heterocycles. The molecule has 0 spiro atoms. The second-order valence-electron chi connectivity index (χ2n) is 6.46. The van der Waals surface area contributed by atoms with Gasteiger partial charge in [-0.15, -0.1) is 0 Å². The standard InChI is InChI=1S/C21H13ClN2O4S2/c1-12-2-3-13(10-17(12)22)18-9-8-16(28-18)11-19-20(25)23(21(29)30-19)14-4-6-15(7-5-14)24(26)27/h2-11H,1H3. The first-order valence-electron chi connectivity index (χ1n) is 8.72. The van der Waals surface area contributed by atoms with Crippen LogP contribution in [0.25, 0.3) is 17.4 Å². The Labute approximate surface area is 186 Å². The van der Waals surface area contributed by atoms with Crippen molar-refractivity contribution in [1.82, 2.24) is 0 Å². The Kier molecular flexibility index (Phi) is 5.46. The van der Waals surface area contributed by atoms with Crippen LogP contribution < -0.4 is 4.90 Å². The molecule has 1 saturated heterocycles. The molecular weight excluding hydrogens is 444 g/mol. The van der Waals surface area contributed by atoms with E-state index < -0.39 is 4.92 Å². The molecule has 0 atom stereocenters. The number of anilines is 1. The van der Waals surface area contributed by atoms with Gasteiger partial charge in [0.15, 0.2) is 4.32 Å². The van der Waals surface area contributed by atoms with Gasteiger partial charge in [-0.3, -0.25) is 19.8 Å². The van der Waals surface area contributed by atoms with Crippen molar-refractivity contribution in [3.05, 3.63) is 86.0 Å². The molecule has 3 aromatic rings. The fourth-order valence-corrected chi connectivity index (χ4v) is 4.33. The lowest BCUT2D eigenvalue weighted by atomic mass is 10.1. The fourth-order valence-electron chi connectivity index (χ4n) is 2.87. The van der Waals surface area contributed by atoms with E-state index in [-0.39, 0.29) is 11.6 Å². The van der Waals surface area contributed by atoms with E-state index in [1.807, 2.05) is 31.2 Å². The summed E-state index contributed by atoms with van der Waals surface area (Å²) in [5, 5.41) is 11.5. The number of nitro benzene ring substituents is 1. The first-order chi connectivity index (χ1) is 14.3. The first kappa shape index (κ1) is 20.3. The normalized spacial score (nSPS) is 15.3. The molecule has 0 unspecified atom stereocenters. The van der Waals surface area contributed by atoms with Crippen LogP contribution in [0.1, 0.15) is 11.3 Å². The molecule has 30 heavy (non-hydrogen) atoms. The molecule has 1 aliphatic rings. The zero-order valence-corrected chi connectivity index (χ0v) is 17.9. The van der Waals surface area contributed by atoms with Crippen LogP contribution in [0.15, 0.2) is 63.9 Å². The summed E-state index contributed by atoms with van der Waals surface area (Å²) >= 11 is 12.7. The van der Waals surface area contributed by atoms with Gasteiger partial charge in [0, 0.05) is 28.8 Å². The molecular formula is C21H13ClN2O4S2. The SMILES string of the molecule is Cc1ccc(-c2ccc(C=C3SC(=S)N(c4ccc([N+](=O)[O-])cc4)C3=O)o2)cc1Cl. The third-order valence-corrected chi connectivity index (χ3v) is 6.18. The maximum atomic E-state index is 12.9. The lowest BCUT2D eigenvalue weighted by Gasteiger charge is -2.13. The molecule has 9 heteroatoms. The highest BCUT2D eigenvalue weighted by molar-refractivity contribution is 8.27. The summed E-state index contributed by atoms with van der Waals surface area (Å²) < 4.78 is 6.20. The second-order valence-corrected chi connectivity index (χ2v) is 8.54. The van der Waals surface area contributed by atoms with Crippen LogP contribution in [0.4, 0.5) is 11.4 Å². The third-order valence-electron chi connectivity index (χ3n) is 4.47. The number of thiocarbonyl (C=S) groups is 1. The van der Waals surface area contributed by atoms with E-state index in [9.17, 15) is 14.9 Å². The number of hydrogen-bond donors (Lipinski definition) is 0. The van der Waals surface area contributed by atoms with Crippen LogP contribution in [0.3, 0.4) is 0 Å². The maximum absolute atomic E-state index is 12.9. The quantitative estimate of drug-likeness (QED) is 0.201. The van der Waals surface area contributed by atoms with Crippen molar-refractivity contribution >= 4 is 63.3 Å². The highest BCUT2D eigenvalue weighted by Crippen LogP contribution is 2.37. The Balaban J connectivity index is 1.58. The van der Waals surface area contributed by atoms with Gasteiger partial charge in [0.2, 0.25) is 0 Å². The van der Waals surface area contributed by atoms with Gasteiger partial charge in [-0.1, -0.05) is 47.7 Å². The number of benzene rings is 2. The van der Waals surface area contributed by atoms with Gasteiger partial charge >= 0.3 is 0 Å². The van der Waals surface area contributed by atoms with E-state index in [0.29, 0.717) is 31.5 Å². The minimum atomic E-state index is -0.496. The third kappa shape index (κ3) is 3.89. The minimum absolute atomic E-state index is 0.0564. The van der Waals surface area contributed by atoms with Crippen LogP contribution in [0.5, 0.6) is 0 Å². The van der Waals surface area contributed by atoms with E-state index in [1.165, 1.54) is 29.2 Å². The fraction of sp³-hybridized carbons (Fsp3) is 0.0476. The summed E-state index contributed by atoms with van der Waals surface area (Å²) in [5.41, 5.74) is 2.23. The summed E-state index contributed by atoms with van der Waals surface area (Å²) in [6.45, 7) is 1.92. The number of carbonyl (C=O) groups excluding carboxylic acids is 1. The highest BCUT2D eigenvalue weighted by Gasteiger charge is 2.33. The molecule has 1 fully saturated rings. The lowest BCUT2D eigenvalue weighted by Crippen LogP contribution is -2.27. The van der Waals surface area contributed by atoms with Crippen molar-refractivity contribution in [2.75, 3.05) is 4.90 Å². The molecule has 0 N–H and O–H groups in total. The highest BCUT2D eigenvalue weighted by atomic mass is 35.5. The first-order valence-corrected chi connectivity index (χ1v) is 10.3. The van der Waals surface area contributed by atoms with E-state index in [0.717, 1.165) is 22.9 Å². The second kappa shape index (κ2) is 8.06. The molecule has 0 bridgehead atoms. The van der Waals surface area contributed by atoms with Crippen LogP contribution >= 0.6 is 35.6 Å². The van der Waals surface area contributed by atoms with Gasteiger partial charge in [-0.05, 0) is 42.8 Å². The van der Waals surface area contributed by atoms with E-state index >= 15 is 0 Å². The number of carbonyl (C=O) groups is 1. The van der Waals surface area contributed by atoms with Crippen molar-refractivity contribution in [3.63, 3.8) is 0 Å². The van der Waals surface area contributed by atoms with E-state index in [1.54, 1.807) is 12.1 Å². The van der Waals surface area contributed by atoms with E-state index in [4.69, 9.17) is 28.2 Å². The molecule has 0 saturated carbocycles. The van der Waals surface area contributed by atoms with Crippen molar-refractivity contribution in [2.45, 2.75) is 6.92 Å². The van der Waals surface area contributed by atoms with Gasteiger partial charge in [-0.25, -0.2) is 0 Å². The predicted molar refractivity (Wildman–Crippen MR) is 123 cm³/mol. The summed E-state index contributed by atoms with van der Waals surface area (Å²) in [5.74, 6) is 0.829. The van der Waals surface area contributed by atoms with Crippen LogP contribution in [-0.2, 0) is 4.79 Å². The molecule has 6 nitrogen and oxygen atoms in total. The molecule has 0 radical (unpaired) electrons. The van der Waals surface area contributed by atoms with Gasteiger partial charge in [0.1, 0.15) is 11.5 Å². The molecule has 150 valence electrons. The summed E-state index contributed by atoms with van der Waals surface area (Å²) in [7, 11) is 0. The average molecular weight is 457 g/mol. The number of nitrogens with zero attached hydrogens (tertiary/aromatic N) is 2. The van der Waals surface area contributed by atoms with Gasteiger partial charge in [0.05, 0.1) is 15.5 Å². The predicted octanol–water partition coefficient (Wildman–Crippen LogP) is 6.22. The minimum Gasteiger partial charge on any atom is -0.457 e. The largest absolute Gasteiger partial charge is 0.457 e. The molecule has 1 aromatic heterocycles. The number of nitro groups is 1. The monoisotopic (exact) mass is 456 g/mol. The zero-order chi connectivity index (χ0) is 21.4. The van der Waals surface area contributed by atoms with Gasteiger partial charge in [0.25, 0.3) is 11.6 Å². The average Bonchev–Trinajstić information content (AvgIpc) is 3.29. The number of non-ortho nitro benzene ring substituents is 1. The van der Waals surface area contributed by atoms with E-state index in [2.05, 4.69) is 0 Å². The van der Waals surface area contributed by atoms with Gasteiger partial charge in [-0.2, -0.15) is 0 Å².